The molecule has 566 valence electrons. The number of aromatic amines is 2. The van der Waals surface area contributed by atoms with Gasteiger partial charge >= 0.3 is 0 Å². The monoisotopic (exact) mass is 1850 g/mol. The van der Waals surface area contributed by atoms with Gasteiger partial charge in [-0.25, -0.2) is 9.97 Å². The Bertz CT molecular complexity index is 5440. The summed E-state index contributed by atoms with van der Waals surface area (Å²) in [5.74, 6) is 3.02. The van der Waals surface area contributed by atoms with Crippen molar-refractivity contribution in [2.24, 2.45) is 21.1 Å². The number of aryl methyl sites for hydroxylation is 3. The number of carbonyl (C=O) groups is 1. The maximum absolute atomic E-state index is 11.9. The van der Waals surface area contributed by atoms with Gasteiger partial charge < -0.3 is 61.1 Å². The normalized spacial score (nSPS) is 11.7. The Labute approximate surface area is 671 Å². The molecule has 0 saturated heterocycles. The van der Waals surface area contributed by atoms with Crippen LogP contribution in [0.15, 0.2) is 145 Å². The summed E-state index contributed by atoms with van der Waals surface area (Å²) in [6, 6.07) is 21.1. The van der Waals surface area contributed by atoms with Crippen LogP contribution < -0.4 is 61.2 Å². The molecule has 26 nitrogen and oxygen atoms in total. The number of aldehydes is 1. The van der Waals surface area contributed by atoms with Crippen LogP contribution in [0.1, 0.15) is 21.3 Å². The quantitative estimate of drug-likeness (QED) is 0.0377. The molecule has 37 heteroatoms. The summed E-state index contributed by atoms with van der Waals surface area (Å²) in [4.78, 5) is 111. The fourth-order valence-electron chi connectivity index (χ4n) is 9.44. The van der Waals surface area contributed by atoms with Gasteiger partial charge in [-0.05, 0) is 63.3 Å². The molecule has 106 heavy (non-hydrogen) atoms. The van der Waals surface area contributed by atoms with Crippen molar-refractivity contribution in [1.29, 1.82) is 0 Å². The molecule has 12 aromatic rings. The molecule has 0 amide bonds. The van der Waals surface area contributed by atoms with Crippen molar-refractivity contribution < 1.29 is 37.6 Å². The van der Waals surface area contributed by atoms with Gasteiger partial charge in [0.2, 0.25) is 22.6 Å². The van der Waals surface area contributed by atoms with Gasteiger partial charge in [-0.1, -0.05) is 124 Å². The number of hydrogen-bond acceptors (Lipinski definition) is 20. The number of carbonyl (C=O) groups excluding carboxylic acids is 1. The molecule has 1 unspecified atom stereocenters. The molecule has 1 aliphatic heterocycles. The second-order valence-electron chi connectivity index (χ2n) is 23.0. The molecule has 1 atom stereocenters. The number of methoxy groups -OCH3 is 3. The number of nitrogens with one attached hydrogen (secondary N) is 2. The van der Waals surface area contributed by atoms with Crippen molar-refractivity contribution in [2.45, 2.75) is 59.7 Å². The van der Waals surface area contributed by atoms with Crippen molar-refractivity contribution in [3.63, 3.8) is 0 Å². The number of H-pyrrole nitrogens is 2. The summed E-state index contributed by atoms with van der Waals surface area (Å²) >= 11 is 45.2. The van der Waals surface area contributed by atoms with E-state index in [-0.39, 0.29) is 73.8 Å². The summed E-state index contributed by atoms with van der Waals surface area (Å²) in [7, 11) is 6.16. The van der Waals surface area contributed by atoms with Crippen molar-refractivity contribution in [1.82, 2.24) is 58.1 Å². The molecule has 12 aromatic heterocycles. The lowest BCUT2D eigenvalue weighted by Gasteiger charge is -2.31. The van der Waals surface area contributed by atoms with E-state index in [0.29, 0.717) is 120 Å². The van der Waals surface area contributed by atoms with Crippen LogP contribution in [-0.2, 0) is 36.8 Å². The Morgan fingerprint density at radius 1 is 0.604 bits per heavy atom. The summed E-state index contributed by atoms with van der Waals surface area (Å²) in [5, 5.41) is 1.32. The van der Waals surface area contributed by atoms with Crippen LogP contribution >= 0.6 is 126 Å². The van der Waals surface area contributed by atoms with Crippen LogP contribution in [0, 0.1) is 0 Å². The molecule has 0 bridgehead atoms. The topological polar surface area (TPSA) is 313 Å². The Morgan fingerprint density at radius 3 is 1.58 bits per heavy atom. The summed E-state index contributed by atoms with van der Waals surface area (Å²) < 4.78 is 44.6. The Balaban J connectivity index is 0.000000223. The van der Waals surface area contributed by atoms with E-state index < -0.39 is 15.7 Å². The van der Waals surface area contributed by atoms with Crippen LogP contribution in [0.25, 0.3) is 66.2 Å². The highest BCUT2D eigenvalue weighted by atomic mass is 127. The van der Waals surface area contributed by atoms with Gasteiger partial charge in [0.25, 0.3) is 30.6 Å². The summed E-state index contributed by atoms with van der Waals surface area (Å²) in [6.45, 7) is 12.9. The summed E-state index contributed by atoms with van der Waals surface area (Å²) in [6.07, 6.45) is 10.3. The average Bonchev–Trinajstić information content (AvgIpc) is 0.749. The SMILES string of the molecule is C.CCOC(C)COc1c(Cl)cnc2ccc(=O)n(C)c12.COc1ccc2[nH]cc(Cl)c(=O)c2n1.COc1ccc2nccc(OC)c2n1.C[Si](C)(Cl)CCl.C[Si]1(C)Cn2c(=O)ccc3ncc(Cl)c(c32)O1.Cn1c(=O)ccc2[nH]cc(Cl)c(=O)c21.Cn1c(=O)ccc2ncc(Cl)c(OCC=O)c21.ICI. The first-order valence-corrected chi connectivity index (χ1v) is 43.9. The van der Waals surface area contributed by atoms with E-state index in [4.69, 9.17) is 114 Å². The first-order valence-electron chi connectivity index (χ1n) is 31.1. The first kappa shape index (κ1) is 89.1. The number of hydrogen-bond donors (Lipinski definition) is 2. The van der Waals surface area contributed by atoms with Crippen LogP contribution in [0.4, 0.5) is 0 Å². The van der Waals surface area contributed by atoms with E-state index in [9.17, 15) is 33.6 Å². The fraction of sp³-hybridized carbons (Fsp3) is 0.290. The van der Waals surface area contributed by atoms with Gasteiger partial charge in [-0.15, -0.1) is 11.6 Å². The third kappa shape index (κ3) is 23.8. The molecular formula is C69H75Cl7I2N12O14Si2. The maximum Gasteiger partial charge on any atom is 0.264 e. The van der Waals surface area contributed by atoms with Gasteiger partial charge in [-0.3, -0.25) is 53.5 Å². The minimum atomic E-state index is -1.93. The molecule has 0 saturated carbocycles. The average molecular weight is 1850 g/mol. The lowest BCUT2D eigenvalue weighted by Crippen LogP contribution is -2.46. The number of aromatic nitrogens is 12. The smallest absolute Gasteiger partial charge is 0.264 e. The number of halogens is 9. The Morgan fingerprint density at radius 2 is 1.06 bits per heavy atom. The molecule has 13 rings (SSSR count). The summed E-state index contributed by atoms with van der Waals surface area (Å²) in [5.41, 5.74) is 6.55. The van der Waals surface area contributed by atoms with Crippen LogP contribution in [0.2, 0.25) is 51.3 Å². The molecule has 0 aromatic carbocycles. The lowest BCUT2D eigenvalue weighted by atomic mass is 10.3. The fourth-order valence-corrected chi connectivity index (χ4v) is 12.3. The second kappa shape index (κ2) is 41.7. The number of nitrogens with zero attached hydrogens (tertiary/aromatic N) is 10. The lowest BCUT2D eigenvalue weighted by molar-refractivity contribution is -0.109. The molecule has 0 radical (unpaired) electrons. The number of alkyl halides is 3. The third-order valence-electron chi connectivity index (χ3n) is 14.4. The van der Waals surface area contributed by atoms with Crippen LogP contribution in [-0.4, -0.2) is 135 Å². The number of fused-ring (bicyclic) bond motifs is 5. The zero-order valence-corrected chi connectivity index (χ0v) is 70.1. The zero-order chi connectivity index (χ0) is 77.6. The second-order valence-corrected chi connectivity index (χ2v) is 41.1. The third-order valence-corrected chi connectivity index (χ3v) is 21.0. The number of pyridine rings is 12. The Kier molecular flexibility index (Phi) is 35.1. The standard InChI is InChI=1S/C14H17ClN2O3.C11H9ClN2O3.C11H11ClN2O2Si.C10H10N2O2.2C9H7ClN2O2.C3H8Cl2Si.CH2I2.CH4/c1-4-19-9(2)8-20-14-10(15)7-16-11-5-6-12(18)17(3)13(11)14;1-14-9(16)3-2-8-10(14)11(17-5-4-15)7(12)6-13-8;1-17(2)6-14-9(15)4-3-8-10(14)11(16-17)7(12)5-13-8;1-13-8-5-6-11-7-3-4-9(14-2)12-10(7)8;1-14-7-3-2-6-8(12-7)9(13)5(10)4-11-6;1-12-7(13)3-2-6-8(12)9(14)5(10)4-11-6;1-6(2,5)3-4;2-1-3;/h5-7,9H,4,8H2,1-3H3;2-4,6H,5H2,1H3;3-5H,6H2,1-2H3;3-6H,1-2H3;2-4H,1H3,(H,11,13);2-4H,1H3,(H,11,14);3H2,1-2H3;1H2;1H4. The van der Waals surface area contributed by atoms with Crippen molar-refractivity contribution in [3.8, 4) is 34.8 Å². The molecule has 2 N–H and O–H groups in total. The maximum atomic E-state index is 11.9. The number of ether oxygens (including phenoxy) is 6. The van der Waals surface area contributed by atoms with Gasteiger partial charge in [0.15, 0.2) is 30.9 Å². The van der Waals surface area contributed by atoms with Gasteiger partial charge in [-0.2, -0.15) is 11.1 Å². The van der Waals surface area contributed by atoms with Crippen LogP contribution in [0.3, 0.4) is 0 Å². The van der Waals surface area contributed by atoms with Gasteiger partial charge in [0.1, 0.15) is 77.2 Å². The van der Waals surface area contributed by atoms with E-state index in [2.05, 4.69) is 98.1 Å². The van der Waals surface area contributed by atoms with Crippen molar-refractivity contribution in [2.75, 3.05) is 49.1 Å². The predicted octanol–water partition coefficient (Wildman–Crippen LogP) is 14.5. The highest BCUT2D eigenvalue weighted by Crippen LogP contribution is 2.37. The molecule has 13 heterocycles. The van der Waals surface area contributed by atoms with E-state index in [1.165, 1.54) is 73.3 Å². The van der Waals surface area contributed by atoms with E-state index in [1.807, 2.05) is 33.0 Å². The van der Waals surface area contributed by atoms with Crippen molar-refractivity contribution in [3.05, 3.63) is 203 Å². The first-order chi connectivity index (χ1) is 49.8. The highest BCUT2D eigenvalue weighted by Gasteiger charge is 2.34. The van der Waals surface area contributed by atoms with E-state index in [0.717, 1.165) is 16.6 Å². The van der Waals surface area contributed by atoms with E-state index >= 15 is 0 Å². The van der Waals surface area contributed by atoms with Crippen LogP contribution in [0.5, 0.6) is 34.8 Å². The molecule has 1 aliphatic rings. The number of rotatable bonds is 12. The highest BCUT2D eigenvalue weighted by molar-refractivity contribution is 14.2. The predicted molar refractivity (Wildman–Crippen MR) is 446 cm³/mol. The largest absolute Gasteiger partial charge is 0.540 e. The molecule has 0 fully saturated rings. The molecule has 0 aliphatic carbocycles. The minimum Gasteiger partial charge on any atom is -0.540 e. The van der Waals surface area contributed by atoms with E-state index in [1.54, 1.807) is 99.9 Å². The molecular weight excluding hydrogens is 1780 g/mol. The van der Waals surface area contributed by atoms with Gasteiger partial charge in [0, 0.05) is 94.3 Å². The van der Waals surface area contributed by atoms with Crippen molar-refractivity contribution >= 4 is 214 Å². The minimum absolute atomic E-state index is 0. The molecule has 0 spiro atoms. The Hall–Kier alpha value is -7.49. The van der Waals surface area contributed by atoms with Gasteiger partial charge in [0.05, 0.1) is 87.7 Å². The zero-order valence-electron chi connectivity index (χ0n) is 58.5.